The van der Waals surface area contributed by atoms with Crippen LogP contribution in [0.2, 0.25) is 0 Å². The highest BCUT2D eigenvalue weighted by Crippen LogP contribution is 2.43. The van der Waals surface area contributed by atoms with Crippen LogP contribution in [0.25, 0.3) is 0 Å². The SMILES string of the molecule is O=C(c1ccccc1F)N1CC(=O)N2[C@H](CO)[C@H](c3ccc(C#Cc4ccccc4)cc3)[C@@H]2C1. The number of rotatable bonds is 3. The molecule has 3 aromatic rings. The van der Waals surface area contributed by atoms with E-state index in [1.54, 1.807) is 11.0 Å². The van der Waals surface area contributed by atoms with Crippen LogP contribution in [0.1, 0.15) is 33.0 Å². The second-order valence-corrected chi connectivity index (χ2v) is 8.55. The molecule has 5 rings (SSSR count). The number of hydrogen-bond acceptors (Lipinski definition) is 3. The first-order valence-electron chi connectivity index (χ1n) is 11.2. The van der Waals surface area contributed by atoms with Gasteiger partial charge in [0.15, 0.2) is 0 Å². The number of benzene rings is 3. The molecule has 2 amide bonds. The summed E-state index contributed by atoms with van der Waals surface area (Å²) in [6.07, 6.45) is 0. The quantitative estimate of drug-likeness (QED) is 0.619. The van der Waals surface area contributed by atoms with Crippen molar-refractivity contribution in [3.8, 4) is 11.8 Å². The molecule has 3 atom stereocenters. The maximum atomic E-state index is 14.2. The number of piperazine rings is 1. The second kappa shape index (κ2) is 9.12. The highest BCUT2D eigenvalue weighted by atomic mass is 19.1. The van der Waals surface area contributed by atoms with Crippen LogP contribution < -0.4 is 0 Å². The van der Waals surface area contributed by atoms with Gasteiger partial charge in [-0.1, -0.05) is 54.3 Å². The molecule has 170 valence electrons. The van der Waals surface area contributed by atoms with Crippen molar-refractivity contribution >= 4 is 11.8 Å². The zero-order valence-electron chi connectivity index (χ0n) is 18.4. The third-order valence-corrected chi connectivity index (χ3v) is 6.56. The molecule has 1 N–H and O–H groups in total. The van der Waals surface area contributed by atoms with Crippen LogP contribution in [0.3, 0.4) is 0 Å². The molecule has 5 nitrogen and oxygen atoms in total. The van der Waals surface area contributed by atoms with Crippen LogP contribution in [0.15, 0.2) is 78.9 Å². The molecule has 2 fully saturated rings. The number of halogens is 1. The van der Waals surface area contributed by atoms with Crippen molar-refractivity contribution in [2.24, 2.45) is 0 Å². The largest absolute Gasteiger partial charge is 0.394 e. The first-order chi connectivity index (χ1) is 16.6. The Kier molecular flexibility index (Phi) is 5.87. The normalized spacial score (nSPS) is 21.2. The van der Waals surface area contributed by atoms with Crippen LogP contribution in [0.4, 0.5) is 4.39 Å². The Morgan fingerprint density at radius 2 is 1.59 bits per heavy atom. The average molecular weight is 455 g/mol. The van der Waals surface area contributed by atoms with Gasteiger partial charge in [0.1, 0.15) is 12.4 Å². The third-order valence-electron chi connectivity index (χ3n) is 6.56. The molecule has 0 radical (unpaired) electrons. The Bertz CT molecular complexity index is 1280. The van der Waals surface area contributed by atoms with Crippen LogP contribution in [-0.4, -0.2) is 58.5 Å². The molecule has 2 heterocycles. The topological polar surface area (TPSA) is 60.9 Å². The predicted octanol–water partition coefficient (Wildman–Crippen LogP) is 3.04. The number of aliphatic hydroxyl groups excluding tert-OH is 1. The van der Waals surface area contributed by atoms with Crippen LogP contribution in [0, 0.1) is 17.7 Å². The van der Waals surface area contributed by atoms with E-state index in [-0.39, 0.29) is 49.2 Å². The summed E-state index contributed by atoms with van der Waals surface area (Å²) < 4.78 is 14.2. The molecule has 2 aliphatic rings. The van der Waals surface area contributed by atoms with Crippen LogP contribution in [-0.2, 0) is 4.79 Å². The molecule has 0 aromatic heterocycles. The van der Waals surface area contributed by atoms with E-state index in [2.05, 4.69) is 11.8 Å². The van der Waals surface area contributed by atoms with Crippen molar-refractivity contribution in [1.29, 1.82) is 0 Å². The van der Waals surface area contributed by atoms with Gasteiger partial charge in [0.2, 0.25) is 5.91 Å². The summed E-state index contributed by atoms with van der Waals surface area (Å²) in [5.41, 5.74) is 2.72. The number of hydrogen-bond donors (Lipinski definition) is 1. The Morgan fingerprint density at radius 3 is 2.26 bits per heavy atom. The molecule has 0 aliphatic carbocycles. The fourth-order valence-corrected chi connectivity index (χ4v) is 4.91. The minimum absolute atomic E-state index is 0.0420. The van der Waals surface area contributed by atoms with E-state index in [1.165, 1.54) is 23.1 Å². The molecule has 0 spiro atoms. The number of nitrogens with zero attached hydrogens (tertiary/aromatic N) is 2. The summed E-state index contributed by atoms with van der Waals surface area (Å²) in [4.78, 5) is 28.8. The zero-order chi connectivity index (χ0) is 23.7. The van der Waals surface area contributed by atoms with E-state index in [9.17, 15) is 19.1 Å². The molecule has 3 aromatic carbocycles. The van der Waals surface area contributed by atoms with E-state index in [0.29, 0.717) is 0 Å². The van der Waals surface area contributed by atoms with Crippen molar-refractivity contribution < 1.29 is 19.1 Å². The van der Waals surface area contributed by atoms with Gasteiger partial charge in [-0.25, -0.2) is 4.39 Å². The Hall–Kier alpha value is -3.95. The molecule has 2 saturated heterocycles. The smallest absolute Gasteiger partial charge is 0.257 e. The van der Waals surface area contributed by atoms with Crippen molar-refractivity contribution in [3.05, 3.63) is 107 Å². The van der Waals surface area contributed by atoms with Gasteiger partial charge in [-0.2, -0.15) is 0 Å². The predicted molar refractivity (Wildman–Crippen MR) is 125 cm³/mol. The van der Waals surface area contributed by atoms with E-state index < -0.39 is 11.7 Å². The summed E-state index contributed by atoms with van der Waals surface area (Å²) in [6, 6.07) is 22.7. The minimum Gasteiger partial charge on any atom is -0.394 e. The van der Waals surface area contributed by atoms with E-state index in [1.807, 2.05) is 54.6 Å². The number of aliphatic hydroxyl groups is 1. The fraction of sp³-hybridized carbons (Fsp3) is 0.214. The number of amides is 2. The van der Waals surface area contributed by atoms with Crippen molar-refractivity contribution in [2.45, 2.75) is 18.0 Å². The van der Waals surface area contributed by atoms with Crippen LogP contribution in [0.5, 0.6) is 0 Å². The number of carbonyl (C=O) groups excluding carboxylic acids is 2. The van der Waals surface area contributed by atoms with Gasteiger partial charge in [0.25, 0.3) is 5.91 Å². The van der Waals surface area contributed by atoms with Gasteiger partial charge >= 0.3 is 0 Å². The number of carbonyl (C=O) groups is 2. The van der Waals surface area contributed by atoms with E-state index >= 15 is 0 Å². The van der Waals surface area contributed by atoms with Gasteiger partial charge in [0, 0.05) is 23.6 Å². The lowest BCUT2D eigenvalue weighted by Crippen LogP contribution is -2.73. The standard InChI is InChI=1S/C28H23FN2O3/c29-23-9-5-4-8-22(23)28(34)30-16-24-27(25(18-32)31(24)26(33)17-30)21-14-12-20(13-15-21)11-10-19-6-2-1-3-7-19/h1-9,12-15,24-25,27,32H,16-18H2/t24-,25+,27+/m0/s1. The Balaban J connectivity index is 1.36. The summed E-state index contributed by atoms with van der Waals surface area (Å²) in [5.74, 6) is 4.82. The van der Waals surface area contributed by atoms with Crippen molar-refractivity contribution in [1.82, 2.24) is 9.80 Å². The lowest BCUT2D eigenvalue weighted by atomic mass is 9.73. The maximum absolute atomic E-state index is 14.2. The second-order valence-electron chi connectivity index (χ2n) is 8.55. The highest BCUT2D eigenvalue weighted by molar-refractivity contribution is 5.97. The maximum Gasteiger partial charge on any atom is 0.257 e. The first-order valence-corrected chi connectivity index (χ1v) is 11.2. The molecule has 0 bridgehead atoms. The fourth-order valence-electron chi connectivity index (χ4n) is 4.91. The van der Waals surface area contributed by atoms with Gasteiger partial charge in [-0.3, -0.25) is 9.59 Å². The van der Waals surface area contributed by atoms with Crippen LogP contribution >= 0.6 is 0 Å². The van der Waals surface area contributed by atoms with Gasteiger partial charge in [-0.05, 0) is 42.0 Å². The van der Waals surface area contributed by atoms with E-state index in [4.69, 9.17) is 0 Å². The monoisotopic (exact) mass is 454 g/mol. The summed E-state index contributed by atoms with van der Waals surface area (Å²) in [5, 5.41) is 9.98. The molecular formula is C28H23FN2O3. The summed E-state index contributed by atoms with van der Waals surface area (Å²) in [6.45, 7) is 0.000268. The Morgan fingerprint density at radius 1 is 0.941 bits per heavy atom. The first kappa shape index (κ1) is 21.9. The van der Waals surface area contributed by atoms with Gasteiger partial charge in [-0.15, -0.1) is 0 Å². The van der Waals surface area contributed by atoms with Gasteiger partial charge in [0.05, 0.1) is 24.3 Å². The third kappa shape index (κ3) is 3.95. The summed E-state index contributed by atoms with van der Waals surface area (Å²) >= 11 is 0. The van der Waals surface area contributed by atoms with Crippen molar-refractivity contribution in [2.75, 3.05) is 19.7 Å². The summed E-state index contributed by atoms with van der Waals surface area (Å²) in [7, 11) is 0. The average Bonchev–Trinajstić information content (AvgIpc) is 2.85. The van der Waals surface area contributed by atoms with E-state index in [0.717, 1.165) is 16.7 Å². The molecular weight excluding hydrogens is 431 g/mol. The lowest BCUT2D eigenvalue weighted by Gasteiger charge is -2.58. The van der Waals surface area contributed by atoms with Gasteiger partial charge < -0.3 is 14.9 Å². The molecule has 0 saturated carbocycles. The molecule has 34 heavy (non-hydrogen) atoms. The molecule has 0 unspecified atom stereocenters. The van der Waals surface area contributed by atoms with Crippen molar-refractivity contribution in [3.63, 3.8) is 0 Å². The molecule has 2 aliphatic heterocycles. The Labute approximate surface area is 197 Å². The lowest BCUT2D eigenvalue weighted by molar-refractivity contribution is -0.159. The number of fused-ring (bicyclic) bond motifs is 1. The minimum atomic E-state index is -0.604. The highest BCUT2D eigenvalue weighted by Gasteiger charge is 2.54. The zero-order valence-corrected chi connectivity index (χ0v) is 18.4. The molecule has 6 heteroatoms.